The van der Waals surface area contributed by atoms with E-state index < -0.39 is 17.7 Å². The number of aryl methyl sites for hydroxylation is 1. The molecule has 2 fully saturated rings. The quantitative estimate of drug-likeness (QED) is 0.324. The molecule has 5 rings (SSSR count). The number of methoxy groups -OCH3 is 2. The van der Waals surface area contributed by atoms with E-state index in [4.69, 9.17) is 28.8 Å². The topological polar surface area (TPSA) is 133 Å². The molecule has 274 valence electrons. The van der Waals surface area contributed by atoms with Gasteiger partial charge in [0.15, 0.2) is 11.5 Å². The predicted molar refractivity (Wildman–Crippen MR) is 180 cm³/mol. The zero-order valence-electron chi connectivity index (χ0n) is 29.2. The Bertz CT molecular complexity index is 1680. The second-order valence-corrected chi connectivity index (χ2v) is 13.4. The minimum absolute atomic E-state index is 0.0448. The molecule has 12 nitrogen and oxygen atoms in total. The molecule has 0 aliphatic carbocycles. The Balaban J connectivity index is 0.000000727. The van der Waals surface area contributed by atoms with Crippen LogP contribution < -0.4 is 19.8 Å². The van der Waals surface area contributed by atoms with Crippen LogP contribution in [-0.4, -0.2) is 101 Å². The molecule has 15 heteroatoms. The van der Waals surface area contributed by atoms with Gasteiger partial charge in [0.05, 0.1) is 19.6 Å². The van der Waals surface area contributed by atoms with Crippen molar-refractivity contribution in [2.75, 3.05) is 46.9 Å². The van der Waals surface area contributed by atoms with Crippen LogP contribution in [0, 0.1) is 5.92 Å². The first-order valence-electron chi connectivity index (χ1n) is 16.4. The van der Waals surface area contributed by atoms with Crippen LogP contribution in [0.1, 0.15) is 46.5 Å². The SMILES string of the molecule is COc1cc(-c2cn(C)c(=O)c3cnccc23)cc(OC)c1OC1CCN(CC2CCN(C(=O)OC(C)(C)C)CC2)CC1.O=C(O)C(F)(F)F. The first-order valence-corrected chi connectivity index (χ1v) is 16.4. The third-order valence-corrected chi connectivity index (χ3v) is 8.60. The van der Waals surface area contributed by atoms with Crippen molar-refractivity contribution in [1.82, 2.24) is 19.4 Å². The van der Waals surface area contributed by atoms with Crippen LogP contribution in [0.3, 0.4) is 0 Å². The van der Waals surface area contributed by atoms with Crippen molar-refractivity contribution in [1.29, 1.82) is 0 Å². The molecule has 2 aliphatic rings. The number of alkyl halides is 3. The minimum atomic E-state index is -5.08. The minimum Gasteiger partial charge on any atom is -0.493 e. The first-order chi connectivity index (χ1) is 23.5. The lowest BCUT2D eigenvalue weighted by molar-refractivity contribution is -0.192. The molecule has 0 unspecified atom stereocenters. The number of nitrogens with zero attached hydrogens (tertiary/aromatic N) is 4. The standard InChI is InChI=1S/C33H44N4O6.C2HF3O2/c1-33(2,3)43-32(39)37-15-8-22(9-16-37)20-36-13-10-24(11-14-36)42-30-28(40-5)17-23(18-29(30)41-6)27-21-35(4)31(38)26-19-34-12-7-25(26)27;3-2(4,5)1(6)7/h7,12,17-19,21-22,24H,8-11,13-16,20H2,1-6H3;(H,6,7). The molecule has 50 heavy (non-hydrogen) atoms. The highest BCUT2D eigenvalue weighted by molar-refractivity contribution is 5.96. The predicted octanol–water partition coefficient (Wildman–Crippen LogP) is 5.74. The van der Waals surface area contributed by atoms with Gasteiger partial charge in [0.1, 0.15) is 11.7 Å². The molecular weight excluding hydrogens is 661 g/mol. The smallest absolute Gasteiger partial charge is 0.490 e. The Labute approximate surface area is 288 Å². The van der Waals surface area contributed by atoms with E-state index in [0.29, 0.717) is 28.6 Å². The molecule has 0 atom stereocenters. The van der Waals surface area contributed by atoms with Crippen molar-refractivity contribution in [3.8, 4) is 28.4 Å². The van der Waals surface area contributed by atoms with Crippen LogP contribution in [0.4, 0.5) is 18.0 Å². The Kier molecular flexibility index (Phi) is 12.2. The van der Waals surface area contributed by atoms with Gasteiger partial charge in [-0.05, 0) is 81.5 Å². The molecule has 0 saturated carbocycles. The van der Waals surface area contributed by atoms with Gasteiger partial charge in [-0.15, -0.1) is 0 Å². The number of aliphatic carboxylic acids is 1. The lowest BCUT2D eigenvalue weighted by Crippen LogP contribution is -2.45. The van der Waals surface area contributed by atoms with E-state index >= 15 is 0 Å². The van der Waals surface area contributed by atoms with Gasteiger partial charge in [0.2, 0.25) is 5.75 Å². The monoisotopic (exact) mass is 706 g/mol. The number of pyridine rings is 2. The number of carbonyl (C=O) groups is 2. The number of halogens is 3. The van der Waals surface area contributed by atoms with Crippen LogP contribution in [-0.2, 0) is 16.6 Å². The maximum atomic E-state index is 12.7. The molecule has 0 bridgehead atoms. The molecule has 2 saturated heterocycles. The molecular formula is C35H45F3N4O8. The third-order valence-electron chi connectivity index (χ3n) is 8.60. The van der Waals surface area contributed by atoms with Crippen molar-refractivity contribution in [3.05, 3.63) is 47.1 Å². The summed E-state index contributed by atoms with van der Waals surface area (Å²) in [7, 11) is 5.00. The maximum absolute atomic E-state index is 12.7. The number of likely N-dealkylation sites (tertiary alicyclic amines) is 2. The van der Waals surface area contributed by atoms with Gasteiger partial charge >= 0.3 is 18.2 Å². The Morgan fingerprint density at radius 1 is 0.960 bits per heavy atom. The molecule has 1 N–H and O–H groups in total. The number of ether oxygens (including phenoxy) is 4. The fourth-order valence-electron chi connectivity index (χ4n) is 6.06. The first kappa shape index (κ1) is 38.3. The molecule has 4 heterocycles. The number of hydrogen-bond donors (Lipinski definition) is 1. The highest BCUT2D eigenvalue weighted by Crippen LogP contribution is 2.43. The van der Waals surface area contributed by atoms with E-state index in [1.165, 1.54) is 0 Å². The normalized spacial score (nSPS) is 16.4. The van der Waals surface area contributed by atoms with Crippen LogP contribution in [0.5, 0.6) is 17.2 Å². The van der Waals surface area contributed by atoms with Gasteiger partial charge in [0.25, 0.3) is 5.56 Å². The number of amides is 1. The van der Waals surface area contributed by atoms with Crippen molar-refractivity contribution < 1.29 is 46.8 Å². The van der Waals surface area contributed by atoms with Crippen molar-refractivity contribution in [2.45, 2.75) is 64.3 Å². The average molecular weight is 707 g/mol. The average Bonchev–Trinajstić information content (AvgIpc) is 3.06. The van der Waals surface area contributed by atoms with Crippen molar-refractivity contribution in [3.63, 3.8) is 0 Å². The third kappa shape index (κ3) is 9.79. The number of carbonyl (C=O) groups excluding carboxylic acids is 1. The second kappa shape index (κ2) is 16.0. The lowest BCUT2D eigenvalue weighted by atomic mass is 9.95. The van der Waals surface area contributed by atoms with Crippen LogP contribution in [0.15, 0.2) is 41.6 Å². The van der Waals surface area contributed by atoms with E-state index in [9.17, 15) is 22.8 Å². The Morgan fingerprint density at radius 2 is 1.54 bits per heavy atom. The number of piperidine rings is 2. The van der Waals surface area contributed by atoms with Gasteiger partial charge in [-0.2, -0.15) is 13.2 Å². The van der Waals surface area contributed by atoms with Gasteiger partial charge in [-0.3, -0.25) is 9.78 Å². The van der Waals surface area contributed by atoms with E-state index in [1.807, 2.05) is 50.1 Å². The van der Waals surface area contributed by atoms with Crippen molar-refractivity contribution in [2.24, 2.45) is 13.0 Å². The zero-order valence-corrected chi connectivity index (χ0v) is 29.2. The second-order valence-electron chi connectivity index (χ2n) is 13.4. The lowest BCUT2D eigenvalue weighted by Gasteiger charge is -2.38. The molecule has 2 aliphatic heterocycles. The van der Waals surface area contributed by atoms with Crippen LogP contribution in [0.25, 0.3) is 21.9 Å². The molecule has 0 spiro atoms. The van der Waals surface area contributed by atoms with E-state index in [1.54, 1.807) is 38.2 Å². The number of hydrogen-bond acceptors (Lipinski definition) is 9. The van der Waals surface area contributed by atoms with Gasteiger partial charge in [0, 0.05) is 63.9 Å². The van der Waals surface area contributed by atoms with Crippen LogP contribution >= 0.6 is 0 Å². The maximum Gasteiger partial charge on any atom is 0.490 e. The highest BCUT2D eigenvalue weighted by Gasteiger charge is 2.38. The fraction of sp³-hybridized carbons (Fsp3) is 0.543. The van der Waals surface area contributed by atoms with Crippen LogP contribution in [0.2, 0.25) is 0 Å². The van der Waals surface area contributed by atoms with Gasteiger partial charge < -0.3 is 38.4 Å². The number of rotatable bonds is 7. The largest absolute Gasteiger partial charge is 0.493 e. The fourth-order valence-corrected chi connectivity index (χ4v) is 6.06. The number of carboxylic acid groups (broad SMARTS) is 1. The highest BCUT2D eigenvalue weighted by atomic mass is 19.4. The number of benzene rings is 1. The molecule has 1 amide bonds. The molecule has 3 aromatic rings. The summed E-state index contributed by atoms with van der Waals surface area (Å²) in [5, 5.41) is 8.50. The molecule has 2 aromatic heterocycles. The molecule has 0 radical (unpaired) electrons. The summed E-state index contributed by atoms with van der Waals surface area (Å²) in [5.74, 6) is -0.410. The summed E-state index contributed by atoms with van der Waals surface area (Å²) in [6.45, 7) is 10.2. The summed E-state index contributed by atoms with van der Waals surface area (Å²) in [6, 6.07) is 5.74. The summed E-state index contributed by atoms with van der Waals surface area (Å²) in [4.78, 5) is 42.5. The summed E-state index contributed by atoms with van der Waals surface area (Å²) < 4.78 is 57.0. The van der Waals surface area contributed by atoms with Gasteiger partial charge in [-0.1, -0.05) is 0 Å². The summed E-state index contributed by atoms with van der Waals surface area (Å²) in [5.41, 5.74) is 1.18. The Morgan fingerprint density at radius 3 is 2.06 bits per heavy atom. The van der Waals surface area contributed by atoms with Crippen molar-refractivity contribution >= 4 is 22.8 Å². The van der Waals surface area contributed by atoms with E-state index in [-0.39, 0.29) is 17.8 Å². The number of fused-ring (bicyclic) bond motifs is 1. The van der Waals surface area contributed by atoms with E-state index in [2.05, 4.69) is 9.88 Å². The zero-order chi connectivity index (χ0) is 36.8. The summed E-state index contributed by atoms with van der Waals surface area (Å²) in [6.07, 6.45) is 3.69. The van der Waals surface area contributed by atoms with Gasteiger partial charge in [-0.25, -0.2) is 9.59 Å². The number of aromatic nitrogens is 2. The number of carboxylic acids is 1. The van der Waals surface area contributed by atoms with E-state index in [0.717, 1.165) is 74.9 Å². The molecule has 1 aromatic carbocycles. The Hall–Kier alpha value is -4.53. The summed E-state index contributed by atoms with van der Waals surface area (Å²) >= 11 is 0.